The van der Waals surface area contributed by atoms with Crippen molar-refractivity contribution in [1.82, 2.24) is 4.90 Å². The van der Waals surface area contributed by atoms with E-state index in [-0.39, 0.29) is 29.9 Å². The normalized spacial score (nSPS) is 20.2. The maximum atomic E-state index is 12.5. The van der Waals surface area contributed by atoms with Crippen LogP contribution in [0.15, 0.2) is 41.4 Å². The standard InChI is InChI=1S/C30H39N3O5/c1-6-37-28-17-23-24-16-22(38-19(2)34)12-13-26(24)32-30(25(23)18-27(28)36-5)20-9-7-10-21(15-20)31-29(35)11-8-14-33(3)4/h7,9-10,15,17-18,22,24,26H,6,8,11-14,16H2,1-5H3,(H,31,35). The minimum Gasteiger partial charge on any atom is -0.493 e. The topological polar surface area (TPSA) is 89.5 Å². The molecule has 1 saturated carbocycles. The Morgan fingerprint density at radius 1 is 1.13 bits per heavy atom. The lowest BCUT2D eigenvalue weighted by Gasteiger charge is -2.38. The summed E-state index contributed by atoms with van der Waals surface area (Å²) in [5, 5.41) is 3.04. The van der Waals surface area contributed by atoms with E-state index < -0.39 is 0 Å². The molecule has 0 saturated heterocycles. The number of benzene rings is 2. The molecule has 1 aliphatic heterocycles. The minimum absolute atomic E-state index is 0.00173. The Kier molecular flexibility index (Phi) is 9.05. The molecule has 2 aromatic rings. The molecule has 3 atom stereocenters. The molecule has 8 nitrogen and oxygen atoms in total. The van der Waals surface area contributed by atoms with Gasteiger partial charge in [-0.25, -0.2) is 0 Å². The number of nitrogens with one attached hydrogen (secondary N) is 1. The summed E-state index contributed by atoms with van der Waals surface area (Å²) in [5.41, 5.74) is 4.66. The van der Waals surface area contributed by atoms with Gasteiger partial charge in [-0.1, -0.05) is 12.1 Å². The van der Waals surface area contributed by atoms with Crippen LogP contribution in [0, 0.1) is 0 Å². The largest absolute Gasteiger partial charge is 0.493 e. The maximum absolute atomic E-state index is 12.5. The quantitative estimate of drug-likeness (QED) is 0.452. The van der Waals surface area contributed by atoms with Crippen LogP contribution < -0.4 is 14.8 Å². The Hall–Kier alpha value is -3.39. The summed E-state index contributed by atoms with van der Waals surface area (Å²) < 4.78 is 17.2. The highest BCUT2D eigenvalue weighted by atomic mass is 16.5. The van der Waals surface area contributed by atoms with Crippen molar-refractivity contribution >= 4 is 23.3 Å². The van der Waals surface area contributed by atoms with Crippen LogP contribution in [0.4, 0.5) is 5.69 Å². The number of rotatable bonds is 10. The fraction of sp³-hybridized carbons (Fsp3) is 0.500. The van der Waals surface area contributed by atoms with Gasteiger partial charge in [0.2, 0.25) is 5.91 Å². The minimum atomic E-state index is -0.251. The smallest absolute Gasteiger partial charge is 0.302 e. The highest BCUT2D eigenvalue weighted by molar-refractivity contribution is 6.15. The van der Waals surface area contributed by atoms with E-state index >= 15 is 0 Å². The monoisotopic (exact) mass is 521 g/mol. The van der Waals surface area contributed by atoms with Gasteiger partial charge in [-0.05, 0) is 83.1 Å². The summed E-state index contributed by atoms with van der Waals surface area (Å²) in [5.74, 6) is 1.20. The van der Waals surface area contributed by atoms with Gasteiger partial charge >= 0.3 is 5.97 Å². The third-order valence-corrected chi connectivity index (χ3v) is 7.11. The van der Waals surface area contributed by atoms with Crippen molar-refractivity contribution in [2.45, 2.75) is 64.0 Å². The third-order valence-electron chi connectivity index (χ3n) is 7.11. The Balaban J connectivity index is 1.67. The van der Waals surface area contributed by atoms with E-state index in [2.05, 4.69) is 16.3 Å². The number of amides is 1. The first-order valence-electron chi connectivity index (χ1n) is 13.4. The fourth-order valence-corrected chi connectivity index (χ4v) is 5.45. The number of aliphatic imine (C=N–C) groups is 1. The Morgan fingerprint density at radius 3 is 2.66 bits per heavy atom. The summed E-state index contributed by atoms with van der Waals surface area (Å²) in [6, 6.07) is 12.0. The van der Waals surface area contributed by atoms with Crippen LogP contribution in [0.5, 0.6) is 11.5 Å². The molecule has 2 aliphatic rings. The average Bonchev–Trinajstić information content (AvgIpc) is 2.87. The van der Waals surface area contributed by atoms with Gasteiger partial charge in [0.25, 0.3) is 0 Å². The summed E-state index contributed by atoms with van der Waals surface area (Å²) >= 11 is 0. The number of fused-ring (bicyclic) bond motifs is 3. The number of hydrogen-bond acceptors (Lipinski definition) is 7. The van der Waals surface area contributed by atoms with Gasteiger partial charge in [0.05, 0.1) is 25.5 Å². The molecule has 0 spiro atoms. The summed E-state index contributed by atoms with van der Waals surface area (Å²) in [4.78, 5) is 31.5. The zero-order valence-electron chi connectivity index (χ0n) is 23.1. The number of nitrogens with zero attached hydrogens (tertiary/aromatic N) is 2. The van der Waals surface area contributed by atoms with Crippen LogP contribution in [-0.4, -0.2) is 69.0 Å². The summed E-state index contributed by atoms with van der Waals surface area (Å²) in [7, 11) is 5.64. The number of ether oxygens (including phenoxy) is 3. The number of anilines is 1. The number of methoxy groups -OCH3 is 1. The van der Waals surface area contributed by atoms with E-state index in [1.54, 1.807) is 7.11 Å². The highest BCUT2D eigenvalue weighted by Gasteiger charge is 2.38. The van der Waals surface area contributed by atoms with Gasteiger partial charge in [0, 0.05) is 36.1 Å². The number of hydrogen-bond donors (Lipinski definition) is 1. The van der Waals surface area contributed by atoms with Crippen molar-refractivity contribution in [3.8, 4) is 11.5 Å². The number of carbonyl (C=O) groups is 2. The molecule has 204 valence electrons. The van der Waals surface area contributed by atoms with E-state index in [0.29, 0.717) is 24.5 Å². The predicted molar refractivity (Wildman–Crippen MR) is 149 cm³/mol. The van der Waals surface area contributed by atoms with E-state index in [1.807, 2.05) is 51.4 Å². The second-order valence-corrected chi connectivity index (χ2v) is 10.3. The van der Waals surface area contributed by atoms with Crippen molar-refractivity contribution in [2.75, 3.05) is 39.7 Å². The molecule has 1 fully saturated rings. The lowest BCUT2D eigenvalue weighted by Crippen LogP contribution is -2.36. The van der Waals surface area contributed by atoms with Crippen LogP contribution in [0.3, 0.4) is 0 Å². The first-order valence-corrected chi connectivity index (χ1v) is 13.4. The molecule has 1 heterocycles. The lowest BCUT2D eigenvalue weighted by molar-refractivity contribution is -0.148. The van der Waals surface area contributed by atoms with Gasteiger partial charge < -0.3 is 24.4 Å². The van der Waals surface area contributed by atoms with Gasteiger partial charge in [-0.3, -0.25) is 14.6 Å². The average molecular weight is 522 g/mol. The van der Waals surface area contributed by atoms with Crippen LogP contribution in [0.25, 0.3) is 0 Å². The highest BCUT2D eigenvalue weighted by Crippen LogP contribution is 2.45. The molecule has 4 rings (SSSR count). The fourth-order valence-electron chi connectivity index (χ4n) is 5.45. The first-order chi connectivity index (χ1) is 18.3. The second-order valence-electron chi connectivity index (χ2n) is 10.3. The molecule has 2 aromatic carbocycles. The summed E-state index contributed by atoms with van der Waals surface area (Å²) in [6.07, 6.45) is 3.47. The third kappa shape index (κ3) is 6.54. The molecular weight excluding hydrogens is 482 g/mol. The van der Waals surface area contributed by atoms with Crippen molar-refractivity contribution in [3.05, 3.63) is 53.1 Å². The maximum Gasteiger partial charge on any atom is 0.302 e. The van der Waals surface area contributed by atoms with Crippen LogP contribution in [-0.2, 0) is 14.3 Å². The Bertz CT molecular complexity index is 1190. The van der Waals surface area contributed by atoms with Gasteiger partial charge in [0.1, 0.15) is 6.10 Å². The zero-order valence-corrected chi connectivity index (χ0v) is 23.1. The molecule has 0 aromatic heterocycles. The Labute approximate surface area is 225 Å². The molecule has 38 heavy (non-hydrogen) atoms. The van der Waals surface area contributed by atoms with E-state index in [4.69, 9.17) is 19.2 Å². The molecule has 1 amide bonds. The van der Waals surface area contributed by atoms with E-state index in [0.717, 1.165) is 60.3 Å². The van der Waals surface area contributed by atoms with Crippen molar-refractivity contribution in [2.24, 2.45) is 4.99 Å². The van der Waals surface area contributed by atoms with Crippen LogP contribution in [0.2, 0.25) is 0 Å². The first kappa shape index (κ1) is 27.6. The second kappa shape index (κ2) is 12.4. The SMILES string of the molecule is CCOc1cc2c(cc1OC)C(c1cccc(NC(=O)CCCN(C)C)c1)=NC1CCC(OC(C)=O)CC21. The molecule has 1 aliphatic carbocycles. The van der Waals surface area contributed by atoms with E-state index in [9.17, 15) is 9.59 Å². The molecule has 3 unspecified atom stereocenters. The molecule has 0 bridgehead atoms. The molecule has 0 radical (unpaired) electrons. The van der Waals surface area contributed by atoms with Crippen LogP contribution in [0.1, 0.15) is 68.6 Å². The zero-order chi connectivity index (χ0) is 27.2. The van der Waals surface area contributed by atoms with Gasteiger partial charge in [0.15, 0.2) is 11.5 Å². The van der Waals surface area contributed by atoms with Crippen molar-refractivity contribution in [1.29, 1.82) is 0 Å². The van der Waals surface area contributed by atoms with Gasteiger partial charge in [-0.2, -0.15) is 0 Å². The van der Waals surface area contributed by atoms with Crippen LogP contribution >= 0.6 is 0 Å². The predicted octanol–water partition coefficient (Wildman–Crippen LogP) is 4.79. The van der Waals surface area contributed by atoms with E-state index in [1.165, 1.54) is 6.92 Å². The number of esters is 1. The Morgan fingerprint density at radius 2 is 1.95 bits per heavy atom. The van der Waals surface area contributed by atoms with Crippen molar-refractivity contribution in [3.63, 3.8) is 0 Å². The molecular formula is C30H39N3O5. The summed E-state index contributed by atoms with van der Waals surface area (Å²) in [6.45, 7) is 4.81. The molecule has 1 N–H and O–H groups in total. The van der Waals surface area contributed by atoms with Gasteiger partial charge in [-0.15, -0.1) is 0 Å². The van der Waals surface area contributed by atoms with Crippen molar-refractivity contribution < 1.29 is 23.8 Å². The molecule has 8 heteroatoms. The lowest BCUT2D eigenvalue weighted by atomic mass is 9.74. The number of carbonyl (C=O) groups excluding carboxylic acids is 2.